The number of amidine groups is 1. The number of carbonyl (C=O) groups excluding carboxylic acids is 4. The number of aliphatic carboxylic acids is 1. The maximum atomic E-state index is 14.0. The summed E-state index contributed by atoms with van der Waals surface area (Å²) in [6.45, 7) is 1.35. The van der Waals surface area contributed by atoms with Gasteiger partial charge in [0, 0.05) is 87.5 Å². The minimum absolute atomic E-state index is 0. The maximum Gasteiger partial charge on any atom is 0.332 e. The predicted octanol–water partition coefficient (Wildman–Crippen LogP) is 7.64. The Kier molecular flexibility index (Phi) is 29.4. The van der Waals surface area contributed by atoms with Crippen LogP contribution in [0, 0.1) is 42.9 Å². The summed E-state index contributed by atoms with van der Waals surface area (Å²) in [6.07, 6.45) is 0.997. The molecule has 1 radical (unpaired) electrons. The van der Waals surface area contributed by atoms with Crippen LogP contribution in [0.25, 0.3) is 0 Å². The fourth-order valence-electron chi connectivity index (χ4n) is 7.86. The summed E-state index contributed by atoms with van der Waals surface area (Å²) < 4.78 is 59.1. The third-order valence-electron chi connectivity index (χ3n) is 11.9. The Hall–Kier alpha value is -6.16. The molecule has 0 saturated heterocycles. The first-order chi connectivity index (χ1) is 36.4. The third-order valence-corrected chi connectivity index (χ3v) is 14.9. The fraction of sp³-hybridized carbons (Fsp3) is 0.276. The number of Topliss-reactive ketones (excluding diaryl/α,β-unsaturated/α-hetero) is 1. The van der Waals surface area contributed by atoms with Gasteiger partial charge in [-0.15, -0.1) is 0 Å². The second-order valence-corrected chi connectivity index (χ2v) is 21.9. The van der Waals surface area contributed by atoms with Crippen molar-refractivity contribution < 1.29 is 105 Å². The molecule has 20 heteroatoms. The number of carbonyl (C=O) groups is 5. The normalized spacial score (nSPS) is 12.3. The number of nitrogens with two attached hydrogens (primary N) is 1. The van der Waals surface area contributed by atoms with E-state index >= 15 is 0 Å². The molecule has 5 N–H and O–H groups in total. The van der Waals surface area contributed by atoms with E-state index in [0.29, 0.717) is 41.5 Å². The number of ketones is 1. The van der Waals surface area contributed by atoms with Crippen LogP contribution in [0.15, 0.2) is 181 Å². The zero-order valence-corrected chi connectivity index (χ0v) is 50.4. The number of carboxylic acids is 1. The minimum Gasteiger partial charge on any atom is -0.481 e. The molecule has 0 aliphatic rings. The molecule has 0 aromatic heterocycles. The van der Waals surface area contributed by atoms with E-state index in [4.69, 9.17) is 10.5 Å². The van der Waals surface area contributed by atoms with Crippen molar-refractivity contribution in [3.63, 3.8) is 0 Å². The number of carboxylic acid groups (broad SMARTS) is 1. The number of hydrogen-bond acceptors (Lipinski definition) is 12. The SMILES string of the molecule is CC(=O)O/N=C(\N)c1ccc(CNC(=O)[C@H](CCC(=O)OCc2ccccc2)CC(=O)[C@@H](CCc2ccccc2)NS(=O)(=O)Cc2ccccc2)cc1.O=C(O)[C@@H](CCc1ccccc1)CS(=O)(=O)Cc1ccccc1.[U].[V]. The fourth-order valence-corrected chi connectivity index (χ4v) is 11.0. The van der Waals surface area contributed by atoms with Gasteiger partial charge in [-0.05, 0) is 65.5 Å². The van der Waals surface area contributed by atoms with Crippen LogP contribution in [0.3, 0.4) is 0 Å². The molecule has 409 valence electrons. The molecule has 6 rings (SSSR count). The standard InChI is InChI=1S/C40H44N4O8S.C18H20O4S.U.V/c1-29(45)52-43-39(41)34-20-17-31(18-21-34)26-42-40(48)35(22-24-38(47)51-27-32-13-7-3-8-14-32)25-37(46)36(23-19-30-11-5-2-6-12-30)44-53(49,50)28-33-15-9-4-10-16-33;19-18(20)17(12-11-15-7-3-1-4-8-15)14-23(21,22)13-16-9-5-2-6-10-16;;/h2-18,20-21,35-36,44H,19,22-28H2,1H3,(H2,41,43)(H,42,48);1-10,17H,11-14H2,(H,19,20);;/t35-,36-;17-;;/m10../s1. The molecule has 0 bridgehead atoms. The first-order valence-corrected chi connectivity index (χ1v) is 28.1. The van der Waals surface area contributed by atoms with Gasteiger partial charge in [0.15, 0.2) is 21.5 Å². The van der Waals surface area contributed by atoms with E-state index in [1.165, 1.54) is 6.92 Å². The quantitative estimate of drug-likeness (QED) is 0.0121. The van der Waals surface area contributed by atoms with E-state index in [2.05, 4.69) is 20.0 Å². The van der Waals surface area contributed by atoms with E-state index in [9.17, 15) is 45.9 Å². The van der Waals surface area contributed by atoms with Crippen molar-refractivity contribution in [3.05, 3.63) is 215 Å². The molecule has 0 fully saturated rings. The van der Waals surface area contributed by atoms with Gasteiger partial charge in [0.2, 0.25) is 15.9 Å². The number of sulfonamides is 1. The van der Waals surface area contributed by atoms with Gasteiger partial charge in [-0.1, -0.05) is 181 Å². The summed E-state index contributed by atoms with van der Waals surface area (Å²) in [6, 6.07) is 51.1. The van der Waals surface area contributed by atoms with E-state index < -0.39 is 67.3 Å². The van der Waals surface area contributed by atoms with Gasteiger partial charge in [0.05, 0.1) is 29.2 Å². The maximum absolute atomic E-state index is 14.0. The second-order valence-electron chi connectivity index (χ2n) is 18.1. The summed E-state index contributed by atoms with van der Waals surface area (Å²) in [5.74, 6) is -5.78. The first-order valence-electron chi connectivity index (χ1n) is 24.6. The van der Waals surface area contributed by atoms with Crippen LogP contribution in [0.5, 0.6) is 0 Å². The molecule has 0 aliphatic heterocycles. The van der Waals surface area contributed by atoms with Gasteiger partial charge in [-0.2, -0.15) is 0 Å². The molecule has 0 heterocycles. The average molecular weight is 1360 g/mol. The number of rotatable bonds is 28. The summed E-state index contributed by atoms with van der Waals surface area (Å²) in [4.78, 5) is 67.4. The van der Waals surface area contributed by atoms with Gasteiger partial charge in [-0.3, -0.25) is 19.2 Å². The molecule has 78 heavy (non-hydrogen) atoms. The topological polar surface area (TPSA) is 255 Å². The van der Waals surface area contributed by atoms with E-state index in [1.54, 1.807) is 78.9 Å². The third kappa shape index (κ3) is 25.5. The monoisotopic (exact) mass is 1360 g/mol. The van der Waals surface area contributed by atoms with Crippen molar-refractivity contribution in [2.45, 2.75) is 82.6 Å². The molecule has 6 aromatic rings. The number of nitrogens with one attached hydrogen (secondary N) is 2. The first kappa shape index (κ1) is 66.1. The zero-order valence-electron chi connectivity index (χ0n) is 43.2. The Labute approximate surface area is 492 Å². The van der Waals surface area contributed by atoms with Crippen LogP contribution < -0.4 is 15.8 Å². The second kappa shape index (κ2) is 34.7. The molecule has 0 aliphatic carbocycles. The van der Waals surface area contributed by atoms with Crippen molar-refractivity contribution in [2.75, 3.05) is 5.75 Å². The van der Waals surface area contributed by atoms with Gasteiger partial charge in [0.25, 0.3) is 0 Å². The van der Waals surface area contributed by atoms with Gasteiger partial charge in [-0.25, -0.2) is 26.4 Å². The van der Waals surface area contributed by atoms with Crippen molar-refractivity contribution in [2.24, 2.45) is 22.7 Å². The van der Waals surface area contributed by atoms with Crippen molar-refractivity contribution in [1.29, 1.82) is 0 Å². The molecule has 3 atom stereocenters. The van der Waals surface area contributed by atoms with Crippen molar-refractivity contribution in [3.8, 4) is 0 Å². The minimum atomic E-state index is -3.95. The number of ether oxygens (including phenoxy) is 1. The molecule has 0 unspecified atom stereocenters. The smallest absolute Gasteiger partial charge is 0.332 e. The zero-order chi connectivity index (χ0) is 54.8. The number of aryl methyl sites for hydroxylation is 2. The van der Waals surface area contributed by atoms with E-state index in [-0.39, 0.29) is 112 Å². The van der Waals surface area contributed by atoms with Crippen LogP contribution in [-0.2, 0) is 109 Å². The van der Waals surface area contributed by atoms with Crippen molar-refractivity contribution in [1.82, 2.24) is 10.0 Å². The summed E-state index contributed by atoms with van der Waals surface area (Å²) in [5, 5.41) is 15.7. The Morgan fingerprint density at radius 2 is 1.08 bits per heavy atom. The van der Waals surface area contributed by atoms with Gasteiger partial charge >= 0.3 is 17.9 Å². The molecule has 0 spiro atoms. The largest absolute Gasteiger partial charge is 0.481 e. The summed E-state index contributed by atoms with van der Waals surface area (Å²) >= 11 is 0. The van der Waals surface area contributed by atoms with Crippen LogP contribution in [0.4, 0.5) is 0 Å². The number of sulfone groups is 1. The summed E-state index contributed by atoms with van der Waals surface area (Å²) in [7, 11) is -7.41. The molecule has 6 aromatic carbocycles. The number of esters is 1. The van der Waals surface area contributed by atoms with Crippen LogP contribution in [0.2, 0.25) is 0 Å². The molecule has 0 saturated carbocycles. The van der Waals surface area contributed by atoms with Crippen LogP contribution in [0.1, 0.15) is 78.0 Å². The Bertz CT molecular complexity index is 3060. The number of nitrogens with zero attached hydrogens (tertiary/aromatic N) is 1. The van der Waals surface area contributed by atoms with Crippen LogP contribution in [-0.4, -0.2) is 69.2 Å². The van der Waals surface area contributed by atoms with E-state index in [0.717, 1.165) is 16.7 Å². The van der Waals surface area contributed by atoms with Crippen LogP contribution >= 0.6 is 0 Å². The predicted molar refractivity (Wildman–Crippen MR) is 290 cm³/mol. The number of amides is 1. The molecular weight excluding hydrogens is 1300 g/mol. The van der Waals surface area contributed by atoms with E-state index in [1.807, 2.05) is 97.1 Å². The number of oxime groups is 1. The Morgan fingerprint density at radius 3 is 1.58 bits per heavy atom. The average Bonchev–Trinajstić information content (AvgIpc) is 3.42. The molecular formula is C58H64N4O12S2UV. The molecule has 1 amide bonds. The Morgan fingerprint density at radius 1 is 0.603 bits per heavy atom. The number of hydrogen-bond donors (Lipinski definition) is 4. The van der Waals surface area contributed by atoms with Gasteiger partial charge in [0.1, 0.15) is 6.61 Å². The van der Waals surface area contributed by atoms with Gasteiger partial charge < -0.3 is 25.7 Å². The molecule has 16 nitrogen and oxygen atoms in total. The summed E-state index contributed by atoms with van der Waals surface area (Å²) in [5.41, 5.74) is 11.0. The number of benzene rings is 6. The Balaban J connectivity index is 0.000000535. The van der Waals surface area contributed by atoms with Crippen molar-refractivity contribution >= 4 is 55.3 Å².